The Hall–Kier alpha value is -5.48. The van der Waals surface area contributed by atoms with Gasteiger partial charge in [-0.3, -0.25) is 0 Å². The summed E-state index contributed by atoms with van der Waals surface area (Å²) in [6.45, 7) is 27.5. The van der Waals surface area contributed by atoms with Crippen molar-refractivity contribution in [1.82, 2.24) is 0 Å². The molecule has 0 spiro atoms. The van der Waals surface area contributed by atoms with E-state index in [0.717, 1.165) is 0 Å². The smallest absolute Gasteiger partial charge is 0.151 e. The number of hydrogen-bond acceptors (Lipinski definition) is 4. The van der Waals surface area contributed by atoms with Crippen molar-refractivity contribution in [3.05, 3.63) is 166 Å². The van der Waals surface area contributed by atoms with Gasteiger partial charge in [0.25, 0.3) is 0 Å². The molecule has 0 unspecified atom stereocenters. The molecule has 0 radical (unpaired) electrons. The van der Waals surface area contributed by atoms with Gasteiger partial charge in [-0.2, -0.15) is 0 Å². The summed E-state index contributed by atoms with van der Waals surface area (Å²) < 4.78 is 0. The molecule has 8 rings (SSSR count). The van der Waals surface area contributed by atoms with Crippen molar-refractivity contribution in [3.63, 3.8) is 0 Å². The quantitative estimate of drug-likeness (QED) is 0.145. The zero-order valence-electron chi connectivity index (χ0n) is 36.8. The van der Waals surface area contributed by atoms with Gasteiger partial charge in [-0.15, -0.1) is 0 Å². The minimum atomic E-state index is -0.195. The van der Waals surface area contributed by atoms with Crippen molar-refractivity contribution >= 4 is 45.5 Å². The summed E-state index contributed by atoms with van der Waals surface area (Å²) in [5, 5.41) is 0. The number of fused-ring (bicyclic) bond motifs is 2. The molecule has 6 aromatic rings. The van der Waals surface area contributed by atoms with Gasteiger partial charge in [0.2, 0.25) is 0 Å². The fourth-order valence-corrected chi connectivity index (χ4v) is 8.98. The van der Waals surface area contributed by atoms with Crippen LogP contribution in [0.15, 0.2) is 121 Å². The van der Waals surface area contributed by atoms with E-state index in [2.05, 4.69) is 224 Å². The average Bonchev–Trinajstić information content (AvgIpc) is 3.69. The molecule has 2 heterocycles. The Morgan fingerprint density at radius 3 is 0.707 bits per heavy atom. The number of benzene rings is 6. The minimum Gasteiger partial charge on any atom is -0.314 e. The fourth-order valence-electron chi connectivity index (χ4n) is 8.98. The third kappa shape index (κ3) is 6.85. The van der Waals surface area contributed by atoms with Gasteiger partial charge in [0.1, 0.15) is 0 Å². The first kappa shape index (κ1) is 39.4. The highest BCUT2D eigenvalue weighted by molar-refractivity contribution is 5.95. The second-order valence-corrected chi connectivity index (χ2v) is 18.2. The summed E-state index contributed by atoms with van der Waals surface area (Å²) in [6.07, 6.45) is -0.390. The third-order valence-electron chi connectivity index (χ3n) is 12.8. The van der Waals surface area contributed by atoms with Crippen molar-refractivity contribution in [3.8, 4) is 0 Å². The summed E-state index contributed by atoms with van der Waals surface area (Å²) in [5.74, 6) is 1.58. The van der Waals surface area contributed by atoms with E-state index in [1.165, 1.54) is 90.0 Å². The number of nitrogens with zero attached hydrogens (tertiary/aromatic N) is 4. The Kier molecular flexibility index (Phi) is 10.4. The first-order chi connectivity index (χ1) is 27.7. The molecular weight excluding hydrogens is 705 g/mol. The van der Waals surface area contributed by atoms with Crippen LogP contribution in [0.1, 0.15) is 124 Å². The Morgan fingerprint density at radius 1 is 0.310 bits per heavy atom. The van der Waals surface area contributed by atoms with Crippen LogP contribution >= 0.6 is 0 Å². The van der Waals surface area contributed by atoms with Gasteiger partial charge in [-0.05, 0) is 169 Å². The molecule has 0 saturated heterocycles. The molecule has 0 saturated carbocycles. The van der Waals surface area contributed by atoms with Crippen LogP contribution in [-0.4, -0.2) is 12.3 Å². The molecule has 2 aliphatic heterocycles. The largest absolute Gasteiger partial charge is 0.314 e. The van der Waals surface area contributed by atoms with Crippen molar-refractivity contribution in [1.29, 1.82) is 0 Å². The van der Waals surface area contributed by atoms with Gasteiger partial charge in [-0.1, -0.05) is 104 Å². The van der Waals surface area contributed by atoms with Crippen LogP contribution in [0, 0.1) is 27.7 Å². The van der Waals surface area contributed by atoms with Crippen LogP contribution in [0.2, 0.25) is 0 Å². The summed E-state index contributed by atoms with van der Waals surface area (Å²) >= 11 is 0. The Bertz CT molecular complexity index is 2130. The first-order valence-corrected chi connectivity index (χ1v) is 21.5. The standard InChI is InChI=1S/C54H62N4/c1-33(2)41-17-13-21-45(29-41)55-49-25-37(9)38(10)26-50(49)56(46-22-14-18-42(30-46)34(3)4)53(55)54-57(47-23-15-19-43(31-47)35(5)6)51-27-39(11)40(12)28-52(51)58(54)48-24-16-20-44(32-48)36(7)8/h13-36,53-54H,1-12H3. The van der Waals surface area contributed by atoms with Crippen molar-refractivity contribution in [2.24, 2.45) is 0 Å². The normalized spacial score (nSPS) is 14.6. The predicted molar refractivity (Wildman–Crippen MR) is 250 cm³/mol. The molecule has 0 N–H and O–H groups in total. The van der Waals surface area contributed by atoms with Crippen molar-refractivity contribution < 1.29 is 0 Å². The van der Waals surface area contributed by atoms with Crippen LogP contribution in [0.25, 0.3) is 0 Å². The van der Waals surface area contributed by atoms with E-state index in [0.29, 0.717) is 23.7 Å². The lowest BCUT2D eigenvalue weighted by molar-refractivity contribution is 0.549. The Labute approximate surface area is 348 Å². The van der Waals surface area contributed by atoms with Crippen molar-refractivity contribution in [2.45, 2.75) is 119 Å². The molecule has 298 valence electrons. The second-order valence-electron chi connectivity index (χ2n) is 18.2. The number of anilines is 8. The zero-order chi connectivity index (χ0) is 41.2. The summed E-state index contributed by atoms with van der Waals surface area (Å²) in [4.78, 5) is 10.7. The third-order valence-corrected chi connectivity index (χ3v) is 12.8. The molecule has 0 amide bonds. The lowest BCUT2D eigenvalue weighted by Crippen LogP contribution is -2.58. The monoisotopic (exact) mass is 766 g/mol. The molecule has 58 heavy (non-hydrogen) atoms. The molecule has 4 heteroatoms. The highest BCUT2D eigenvalue weighted by atomic mass is 15.5. The van der Waals surface area contributed by atoms with Gasteiger partial charge in [0, 0.05) is 22.7 Å². The van der Waals surface area contributed by atoms with Crippen LogP contribution in [0.3, 0.4) is 0 Å². The van der Waals surface area contributed by atoms with Gasteiger partial charge in [-0.25, -0.2) is 0 Å². The summed E-state index contributed by atoms with van der Waals surface area (Å²) in [7, 11) is 0. The molecule has 0 aromatic heterocycles. The number of aryl methyl sites for hydroxylation is 4. The molecule has 0 atom stereocenters. The van der Waals surface area contributed by atoms with Gasteiger partial charge in [0.05, 0.1) is 22.7 Å². The zero-order valence-corrected chi connectivity index (χ0v) is 36.8. The lowest BCUT2D eigenvalue weighted by Gasteiger charge is -2.45. The van der Waals surface area contributed by atoms with Gasteiger partial charge >= 0.3 is 0 Å². The highest BCUT2D eigenvalue weighted by Gasteiger charge is 2.52. The summed E-state index contributed by atoms with van der Waals surface area (Å²) in [5.41, 5.74) is 20.3. The minimum absolute atomic E-state index is 0.195. The molecule has 4 nitrogen and oxygen atoms in total. The van der Waals surface area contributed by atoms with Gasteiger partial charge < -0.3 is 19.6 Å². The van der Waals surface area contributed by atoms with E-state index >= 15 is 0 Å². The molecule has 0 bridgehead atoms. The van der Waals surface area contributed by atoms with E-state index < -0.39 is 0 Å². The maximum Gasteiger partial charge on any atom is 0.151 e. The molecular formula is C54H62N4. The Morgan fingerprint density at radius 2 is 0.517 bits per heavy atom. The second kappa shape index (κ2) is 15.4. The number of rotatable bonds is 9. The highest BCUT2D eigenvalue weighted by Crippen LogP contribution is 2.57. The average molecular weight is 767 g/mol. The van der Waals surface area contributed by atoms with Crippen LogP contribution in [0.4, 0.5) is 45.5 Å². The van der Waals surface area contributed by atoms with E-state index in [9.17, 15) is 0 Å². The maximum atomic E-state index is 2.67. The molecule has 0 fully saturated rings. The van der Waals surface area contributed by atoms with E-state index in [1.807, 2.05) is 0 Å². The van der Waals surface area contributed by atoms with Crippen molar-refractivity contribution in [2.75, 3.05) is 19.6 Å². The van der Waals surface area contributed by atoms with E-state index in [4.69, 9.17) is 0 Å². The van der Waals surface area contributed by atoms with E-state index in [1.54, 1.807) is 0 Å². The first-order valence-electron chi connectivity index (χ1n) is 21.5. The fraction of sp³-hybridized carbons (Fsp3) is 0.333. The molecule has 2 aliphatic rings. The van der Waals surface area contributed by atoms with Gasteiger partial charge in [0.15, 0.2) is 12.3 Å². The van der Waals surface area contributed by atoms with Crippen LogP contribution < -0.4 is 19.6 Å². The topological polar surface area (TPSA) is 13.0 Å². The predicted octanol–water partition coefficient (Wildman–Crippen LogP) is 15.3. The SMILES string of the molecule is Cc1cc2c(cc1C)N(c1cccc(C(C)C)c1)C(C1N(c3cccc(C(C)C)c3)c3cc(C)c(C)cc3N1c1cccc(C(C)C)c1)N2c1cccc(C(C)C)c1. The Balaban J connectivity index is 1.51. The maximum absolute atomic E-state index is 2.67. The van der Waals surface area contributed by atoms with Crippen LogP contribution in [-0.2, 0) is 0 Å². The lowest BCUT2D eigenvalue weighted by atomic mass is 10.0. The number of hydrogen-bond donors (Lipinski definition) is 0. The summed E-state index contributed by atoms with van der Waals surface area (Å²) in [6, 6.07) is 47.0. The van der Waals surface area contributed by atoms with Crippen LogP contribution in [0.5, 0.6) is 0 Å². The molecule has 6 aromatic carbocycles. The van der Waals surface area contributed by atoms with E-state index in [-0.39, 0.29) is 12.3 Å². The molecule has 0 aliphatic carbocycles.